The van der Waals surface area contributed by atoms with Crippen LogP contribution < -0.4 is 4.90 Å². The Bertz CT molecular complexity index is 929. The van der Waals surface area contributed by atoms with Gasteiger partial charge in [0.25, 0.3) is 5.91 Å². The molecule has 1 amide bonds. The van der Waals surface area contributed by atoms with Gasteiger partial charge >= 0.3 is 0 Å². The number of anilines is 1. The van der Waals surface area contributed by atoms with Crippen LogP contribution in [0.15, 0.2) is 53.9 Å². The molecule has 6 heteroatoms. The molecule has 3 rings (SSSR count). The molecule has 4 nitrogen and oxygen atoms in total. The van der Waals surface area contributed by atoms with E-state index in [4.69, 9.17) is 11.6 Å². The monoisotopic (exact) mass is 375 g/mol. The van der Waals surface area contributed by atoms with E-state index < -0.39 is 15.9 Å². The number of benzene rings is 2. The van der Waals surface area contributed by atoms with Gasteiger partial charge < -0.3 is 4.90 Å². The lowest BCUT2D eigenvalue weighted by molar-refractivity contribution is 0.0983. The van der Waals surface area contributed by atoms with E-state index in [-0.39, 0.29) is 11.7 Å². The lowest BCUT2D eigenvalue weighted by Crippen LogP contribution is -2.41. The van der Waals surface area contributed by atoms with Crippen LogP contribution in [0.2, 0.25) is 5.02 Å². The fraction of sp³-hybridized carbons (Fsp3) is 0.211. The van der Waals surface area contributed by atoms with Crippen molar-refractivity contribution in [3.8, 4) is 0 Å². The first kappa shape index (κ1) is 17.7. The number of amides is 1. The van der Waals surface area contributed by atoms with Crippen molar-refractivity contribution >= 4 is 33.0 Å². The van der Waals surface area contributed by atoms with Crippen LogP contribution in [0.25, 0.3) is 0 Å². The Kier molecular flexibility index (Phi) is 4.71. The zero-order valence-corrected chi connectivity index (χ0v) is 15.5. The average Bonchev–Trinajstić information content (AvgIpc) is 2.87. The largest absolute Gasteiger partial charge is 0.300 e. The van der Waals surface area contributed by atoms with Gasteiger partial charge in [0.1, 0.15) is 0 Å². The third kappa shape index (κ3) is 3.94. The summed E-state index contributed by atoms with van der Waals surface area (Å²) in [6.07, 6.45) is 1.57. The lowest BCUT2D eigenvalue weighted by atomic mass is 10.1. The number of carbonyl (C=O) groups excluding carboxylic acids is 1. The van der Waals surface area contributed by atoms with E-state index in [1.807, 2.05) is 32.0 Å². The number of nitrogens with zero attached hydrogens (tertiary/aromatic N) is 1. The number of aryl methyl sites for hydroxylation is 2. The summed E-state index contributed by atoms with van der Waals surface area (Å²) in [6.45, 7) is 3.89. The molecule has 0 fully saturated rings. The third-order valence-electron chi connectivity index (χ3n) is 4.04. The highest BCUT2D eigenvalue weighted by molar-refractivity contribution is 7.94. The van der Waals surface area contributed by atoms with Crippen LogP contribution in [0.3, 0.4) is 0 Å². The highest BCUT2D eigenvalue weighted by atomic mass is 35.5. The van der Waals surface area contributed by atoms with Crippen LogP contribution in [0.5, 0.6) is 0 Å². The van der Waals surface area contributed by atoms with Crippen LogP contribution >= 0.6 is 11.6 Å². The number of carbonyl (C=O) groups is 1. The van der Waals surface area contributed by atoms with E-state index in [9.17, 15) is 13.2 Å². The lowest BCUT2D eigenvalue weighted by Gasteiger charge is -2.28. The topological polar surface area (TPSA) is 54.5 Å². The smallest absolute Gasteiger partial charge is 0.258 e. The molecule has 0 bridgehead atoms. The predicted octanol–water partition coefficient (Wildman–Crippen LogP) is 3.91. The molecule has 1 aliphatic heterocycles. The molecule has 0 saturated heterocycles. The molecular weight excluding hydrogens is 358 g/mol. The zero-order chi connectivity index (χ0) is 18.2. The molecule has 0 aliphatic carbocycles. The van der Waals surface area contributed by atoms with Crippen molar-refractivity contribution in [1.29, 1.82) is 0 Å². The van der Waals surface area contributed by atoms with Crippen molar-refractivity contribution in [1.82, 2.24) is 0 Å². The fourth-order valence-electron chi connectivity index (χ4n) is 3.00. The Morgan fingerprint density at radius 3 is 2.20 bits per heavy atom. The third-order valence-corrected chi connectivity index (χ3v) is 5.67. The molecule has 0 aromatic heterocycles. The van der Waals surface area contributed by atoms with Gasteiger partial charge in [-0.25, -0.2) is 8.42 Å². The Morgan fingerprint density at radius 1 is 1.08 bits per heavy atom. The summed E-state index contributed by atoms with van der Waals surface area (Å²) in [5, 5.41) is 1.72. The van der Waals surface area contributed by atoms with Crippen molar-refractivity contribution in [2.45, 2.75) is 19.9 Å². The van der Waals surface area contributed by atoms with Gasteiger partial charge in [-0.05, 0) is 67.4 Å². The minimum absolute atomic E-state index is 0.112. The Balaban J connectivity index is 2.07. The van der Waals surface area contributed by atoms with Gasteiger partial charge in [0, 0.05) is 21.7 Å². The van der Waals surface area contributed by atoms with Gasteiger partial charge in [0.15, 0.2) is 9.84 Å². The molecule has 130 valence electrons. The molecular formula is C19H18ClNO3S. The second-order valence-corrected chi connectivity index (χ2v) is 8.62. The Labute approximate surface area is 152 Å². The first-order valence-corrected chi connectivity index (χ1v) is 9.93. The maximum Gasteiger partial charge on any atom is 0.258 e. The van der Waals surface area contributed by atoms with Crippen LogP contribution in [0.4, 0.5) is 5.69 Å². The van der Waals surface area contributed by atoms with Crippen LogP contribution in [-0.4, -0.2) is 26.1 Å². The Morgan fingerprint density at radius 2 is 1.68 bits per heavy atom. The molecule has 1 aliphatic rings. The summed E-state index contributed by atoms with van der Waals surface area (Å²) in [5.41, 5.74) is 3.16. The average molecular weight is 376 g/mol. The van der Waals surface area contributed by atoms with Crippen LogP contribution in [-0.2, 0) is 9.84 Å². The zero-order valence-electron chi connectivity index (χ0n) is 13.9. The number of sulfone groups is 1. The number of rotatable bonds is 3. The second kappa shape index (κ2) is 6.65. The summed E-state index contributed by atoms with van der Waals surface area (Å²) < 4.78 is 23.7. The first-order valence-electron chi connectivity index (χ1n) is 7.83. The summed E-state index contributed by atoms with van der Waals surface area (Å²) >= 11 is 5.90. The van der Waals surface area contributed by atoms with Gasteiger partial charge in [-0.3, -0.25) is 4.79 Å². The van der Waals surface area contributed by atoms with E-state index in [0.29, 0.717) is 16.3 Å². The van der Waals surface area contributed by atoms with Crippen molar-refractivity contribution in [3.05, 3.63) is 75.7 Å². The van der Waals surface area contributed by atoms with Crippen molar-refractivity contribution in [2.24, 2.45) is 0 Å². The molecule has 0 spiro atoms. The van der Waals surface area contributed by atoms with E-state index in [1.165, 1.54) is 5.41 Å². The summed E-state index contributed by atoms with van der Waals surface area (Å²) in [4.78, 5) is 14.7. The maximum atomic E-state index is 13.1. The number of hydrogen-bond acceptors (Lipinski definition) is 3. The molecule has 1 heterocycles. The molecule has 0 saturated carbocycles. The molecule has 0 radical (unpaired) electrons. The normalized spacial score (nSPS) is 18.3. The van der Waals surface area contributed by atoms with E-state index in [1.54, 1.807) is 35.2 Å². The van der Waals surface area contributed by atoms with Gasteiger partial charge in [0.2, 0.25) is 0 Å². The molecule has 2 aromatic rings. The van der Waals surface area contributed by atoms with E-state index in [2.05, 4.69) is 0 Å². The molecule has 1 atom stereocenters. The van der Waals surface area contributed by atoms with Crippen molar-refractivity contribution < 1.29 is 13.2 Å². The maximum absolute atomic E-state index is 13.1. The second-order valence-electron chi connectivity index (χ2n) is 6.25. The molecule has 0 N–H and O–H groups in total. The van der Waals surface area contributed by atoms with Gasteiger partial charge in [-0.15, -0.1) is 0 Å². The number of halogens is 1. The molecule has 25 heavy (non-hydrogen) atoms. The first-order chi connectivity index (χ1) is 11.7. The Hall–Kier alpha value is -2.11. The minimum Gasteiger partial charge on any atom is -0.300 e. The van der Waals surface area contributed by atoms with Crippen LogP contribution in [0.1, 0.15) is 21.5 Å². The number of hydrogen-bond donors (Lipinski definition) is 0. The van der Waals surface area contributed by atoms with Gasteiger partial charge in [-0.1, -0.05) is 17.7 Å². The summed E-state index contributed by atoms with van der Waals surface area (Å²) in [5.74, 6) is -0.368. The minimum atomic E-state index is -3.29. The van der Waals surface area contributed by atoms with E-state index in [0.717, 1.165) is 11.1 Å². The summed E-state index contributed by atoms with van der Waals surface area (Å²) in [7, 11) is -3.29. The highest BCUT2D eigenvalue weighted by Gasteiger charge is 2.32. The standard InChI is InChI=1S/C19H18ClNO3S/c1-13-9-14(2)11-18(10-13)21(17-7-8-25(23,24)12-17)19(22)15-3-5-16(20)6-4-15/h3-11,17H,12H2,1-2H3/t17-/m0/s1. The quantitative estimate of drug-likeness (QED) is 0.817. The predicted molar refractivity (Wildman–Crippen MR) is 101 cm³/mol. The molecule has 0 unspecified atom stereocenters. The van der Waals surface area contributed by atoms with E-state index >= 15 is 0 Å². The van der Waals surface area contributed by atoms with Gasteiger partial charge in [-0.2, -0.15) is 0 Å². The van der Waals surface area contributed by atoms with Crippen LogP contribution in [0, 0.1) is 13.8 Å². The highest BCUT2D eigenvalue weighted by Crippen LogP contribution is 2.27. The summed E-state index contributed by atoms with van der Waals surface area (Å²) in [6, 6.07) is 11.8. The van der Waals surface area contributed by atoms with Crippen molar-refractivity contribution in [3.63, 3.8) is 0 Å². The fourth-order valence-corrected chi connectivity index (χ4v) is 4.39. The van der Waals surface area contributed by atoms with Gasteiger partial charge in [0.05, 0.1) is 11.8 Å². The SMILES string of the molecule is Cc1cc(C)cc(N(C(=O)c2ccc(Cl)cc2)[C@H]2C=CS(=O)(=O)C2)c1. The van der Waals surface area contributed by atoms with Crippen molar-refractivity contribution in [2.75, 3.05) is 10.7 Å². The molecule has 2 aromatic carbocycles.